The molecule has 0 unspecified atom stereocenters. The third-order valence-electron chi connectivity index (χ3n) is 9.77. The van der Waals surface area contributed by atoms with Gasteiger partial charge in [0.2, 0.25) is 0 Å². The van der Waals surface area contributed by atoms with Crippen molar-refractivity contribution in [1.82, 2.24) is 4.57 Å². The van der Waals surface area contributed by atoms with Gasteiger partial charge in [-0.1, -0.05) is 133 Å². The molecule has 0 radical (unpaired) electrons. The van der Waals surface area contributed by atoms with Gasteiger partial charge in [-0.3, -0.25) is 0 Å². The van der Waals surface area contributed by atoms with Crippen molar-refractivity contribution in [2.45, 2.75) is 0 Å². The maximum Gasteiger partial charge on any atom is 0.0640 e. The fourth-order valence-electron chi connectivity index (χ4n) is 7.59. The van der Waals surface area contributed by atoms with Gasteiger partial charge < -0.3 is 9.47 Å². The highest BCUT2D eigenvalue weighted by Crippen LogP contribution is 2.49. The van der Waals surface area contributed by atoms with Crippen LogP contribution in [0.4, 0.5) is 17.1 Å². The smallest absolute Gasteiger partial charge is 0.0640 e. The average molecular weight is 643 g/mol. The van der Waals surface area contributed by atoms with Crippen molar-refractivity contribution in [1.29, 1.82) is 0 Å². The minimum atomic E-state index is 1.12. The first kappa shape index (κ1) is 27.9. The first-order chi connectivity index (χ1) is 24.3. The van der Waals surface area contributed by atoms with Gasteiger partial charge in [-0.15, -0.1) is 11.3 Å². The minimum absolute atomic E-state index is 1.12. The van der Waals surface area contributed by atoms with Gasteiger partial charge in [0.1, 0.15) is 0 Å². The number of para-hydroxylation sites is 1. The lowest BCUT2D eigenvalue weighted by Gasteiger charge is -2.27. The van der Waals surface area contributed by atoms with Crippen LogP contribution >= 0.6 is 11.3 Å². The summed E-state index contributed by atoms with van der Waals surface area (Å²) in [6, 6.07) is 66.1. The molecule has 0 atom stereocenters. The average Bonchev–Trinajstić information content (AvgIpc) is 3.73. The lowest BCUT2D eigenvalue weighted by Crippen LogP contribution is -2.10. The highest BCUT2D eigenvalue weighted by molar-refractivity contribution is 7.26. The first-order valence-corrected chi connectivity index (χ1v) is 17.5. The molecule has 10 aromatic rings. The lowest BCUT2D eigenvalue weighted by atomic mass is 10.0. The van der Waals surface area contributed by atoms with Crippen LogP contribution in [0.3, 0.4) is 0 Å². The van der Waals surface area contributed by atoms with Crippen molar-refractivity contribution in [3.05, 3.63) is 182 Å². The quantitative estimate of drug-likeness (QED) is 0.181. The number of benzene rings is 8. The number of hydrogen-bond acceptors (Lipinski definition) is 2. The van der Waals surface area contributed by atoms with E-state index >= 15 is 0 Å². The van der Waals surface area contributed by atoms with Gasteiger partial charge in [-0.25, -0.2) is 0 Å². The monoisotopic (exact) mass is 642 g/mol. The molecule has 0 aliphatic rings. The second-order valence-corrected chi connectivity index (χ2v) is 13.6. The van der Waals surface area contributed by atoms with Gasteiger partial charge in [-0.05, 0) is 65.0 Å². The van der Waals surface area contributed by atoms with E-state index in [2.05, 4.69) is 191 Å². The molecule has 8 aromatic carbocycles. The summed E-state index contributed by atoms with van der Waals surface area (Å²) >= 11 is 1.87. The molecule has 2 nitrogen and oxygen atoms in total. The molecule has 0 aliphatic heterocycles. The van der Waals surface area contributed by atoms with Gasteiger partial charge in [0.25, 0.3) is 0 Å². The Morgan fingerprint density at radius 2 is 1.08 bits per heavy atom. The van der Waals surface area contributed by atoms with Gasteiger partial charge in [0.15, 0.2) is 0 Å². The Morgan fingerprint density at radius 1 is 0.429 bits per heavy atom. The molecule has 10 rings (SSSR count). The second-order valence-electron chi connectivity index (χ2n) is 12.5. The van der Waals surface area contributed by atoms with E-state index in [1.54, 1.807) is 0 Å². The SMILES string of the molecule is c1ccc(-c2ccc(N(c3cccc4c3sc3ccccc34)c3cccc4c3c3ccc5ccccc5c3n4-c3ccccc3)cc2)cc1. The van der Waals surface area contributed by atoms with Crippen LogP contribution in [0, 0.1) is 0 Å². The van der Waals surface area contributed by atoms with Gasteiger partial charge in [0.05, 0.1) is 27.1 Å². The van der Waals surface area contributed by atoms with Gasteiger partial charge in [-0.2, -0.15) is 0 Å². The molecule has 0 aliphatic carbocycles. The summed E-state index contributed by atoms with van der Waals surface area (Å²) in [5, 5.41) is 7.54. The molecule has 0 amide bonds. The molecule has 49 heavy (non-hydrogen) atoms. The molecule has 2 heterocycles. The normalized spacial score (nSPS) is 11.7. The number of nitrogens with zero attached hydrogens (tertiary/aromatic N) is 2. The van der Waals surface area contributed by atoms with Crippen molar-refractivity contribution < 1.29 is 0 Å². The van der Waals surface area contributed by atoms with E-state index in [1.807, 2.05) is 11.3 Å². The van der Waals surface area contributed by atoms with Crippen LogP contribution < -0.4 is 4.90 Å². The van der Waals surface area contributed by atoms with Gasteiger partial charge in [0, 0.05) is 43.0 Å². The second kappa shape index (κ2) is 11.2. The Balaban J connectivity index is 1.31. The summed E-state index contributed by atoms with van der Waals surface area (Å²) in [6.45, 7) is 0. The third kappa shape index (κ3) is 4.40. The number of fused-ring (bicyclic) bond motifs is 8. The van der Waals surface area contributed by atoms with Crippen molar-refractivity contribution >= 4 is 81.1 Å². The summed E-state index contributed by atoms with van der Waals surface area (Å²) < 4.78 is 5.03. The van der Waals surface area contributed by atoms with Crippen molar-refractivity contribution in [3.63, 3.8) is 0 Å². The Bertz CT molecular complexity index is 2810. The van der Waals surface area contributed by atoms with E-state index in [4.69, 9.17) is 0 Å². The van der Waals surface area contributed by atoms with Gasteiger partial charge >= 0.3 is 0 Å². The Kier molecular flexibility index (Phi) is 6.39. The molecule has 0 fully saturated rings. The molecule has 0 N–H and O–H groups in total. The van der Waals surface area contributed by atoms with E-state index in [1.165, 1.54) is 69.6 Å². The summed E-state index contributed by atoms with van der Waals surface area (Å²) in [5.74, 6) is 0. The number of hydrogen-bond donors (Lipinski definition) is 0. The van der Waals surface area contributed by atoms with E-state index in [0.717, 1.165) is 17.1 Å². The molecule has 0 saturated heterocycles. The molecule has 0 saturated carbocycles. The zero-order valence-electron chi connectivity index (χ0n) is 26.6. The van der Waals surface area contributed by atoms with Crippen LogP contribution in [0.15, 0.2) is 182 Å². The van der Waals surface area contributed by atoms with Crippen molar-refractivity contribution in [2.75, 3.05) is 4.90 Å². The lowest BCUT2D eigenvalue weighted by molar-refractivity contribution is 1.18. The number of anilines is 3. The van der Waals surface area contributed by atoms with E-state index < -0.39 is 0 Å². The Hall–Kier alpha value is -6.16. The maximum absolute atomic E-state index is 2.48. The topological polar surface area (TPSA) is 8.17 Å². The third-order valence-corrected chi connectivity index (χ3v) is 11.0. The van der Waals surface area contributed by atoms with Crippen LogP contribution in [0.2, 0.25) is 0 Å². The van der Waals surface area contributed by atoms with Crippen LogP contribution in [0.5, 0.6) is 0 Å². The summed E-state index contributed by atoms with van der Waals surface area (Å²) in [4.78, 5) is 2.48. The molecule has 0 bridgehead atoms. The standard InChI is InChI=1S/C46H30N2S/c1-3-13-31(14-4-1)32-25-28-35(29-26-32)47(42-23-11-20-38-37-19-9-10-24-43(37)49-46(38)42)40-21-12-22-41-44(40)39-30-27-33-15-7-8-18-36(33)45(39)48(41)34-16-5-2-6-17-34/h1-30H. The molecule has 2 aromatic heterocycles. The summed E-state index contributed by atoms with van der Waals surface area (Å²) in [7, 11) is 0. The predicted octanol–water partition coefficient (Wildman–Crippen LogP) is 13.4. The van der Waals surface area contributed by atoms with E-state index in [0.29, 0.717) is 0 Å². The molecule has 0 spiro atoms. The number of thiophene rings is 1. The molecule has 3 heteroatoms. The number of rotatable bonds is 5. The zero-order chi connectivity index (χ0) is 32.3. The van der Waals surface area contributed by atoms with Crippen LogP contribution in [0.1, 0.15) is 0 Å². The van der Waals surface area contributed by atoms with E-state index in [-0.39, 0.29) is 0 Å². The van der Waals surface area contributed by atoms with Crippen LogP contribution in [0.25, 0.3) is 69.6 Å². The number of aromatic nitrogens is 1. The zero-order valence-corrected chi connectivity index (χ0v) is 27.4. The molecular weight excluding hydrogens is 613 g/mol. The fraction of sp³-hybridized carbons (Fsp3) is 0. The maximum atomic E-state index is 2.48. The minimum Gasteiger partial charge on any atom is -0.309 e. The Morgan fingerprint density at radius 3 is 1.92 bits per heavy atom. The van der Waals surface area contributed by atoms with E-state index in [9.17, 15) is 0 Å². The predicted molar refractivity (Wildman–Crippen MR) is 211 cm³/mol. The largest absolute Gasteiger partial charge is 0.309 e. The highest BCUT2D eigenvalue weighted by Gasteiger charge is 2.24. The van der Waals surface area contributed by atoms with Crippen LogP contribution in [-0.4, -0.2) is 4.57 Å². The Labute approximate surface area is 288 Å². The summed E-state index contributed by atoms with van der Waals surface area (Å²) in [5.41, 5.74) is 9.45. The first-order valence-electron chi connectivity index (χ1n) is 16.7. The molecule has 230 valence electrons. The highest BCUT2D eigenvalue weighted by atomic mass is 32.1. The summed E-state index contributed by atoms with van der Waals surface area (Å²) in [6.07, 6.45) is 0. The van der Waals surface area contributed by atoms with Crippen molar-refractivity contribution in [3.8, 4) is 16.8 Å². The van der Waals surface area contributed by atoms with Crippen molar-refractivity contribution in [2.24, 2.45) is 0 Å². The molecular formula is C46H30N2S. The fourth-order valence-corrected chi connectivity index (χ4v) is 8.80. The van der Waals surface area contributed by atoms with Crippen LogP contribution in [-0.2, 0) is 0 Å².